The maximum atomic E-state index is 12.4. The van der Waals surface area contributed by atoms with Gasteiger partial charge in [0.25, 0.3) is 0 Å². The summed E-state index contributed by atoms with van der Waals surface area (Å²) in [5.41, 5.74) is 0. The van der Waals surface area contributed by atoms with E-state index in [1.54, 1.807) is 0 Å². The van der Waals surface area contributed by atoms with Gasteiger partial charge >= 0.3 is 5.97 Å². The van der Waals surface area contributed by atoms with Crippen LogP contribution >= 0.6 is 0 Å². The molecular weight excluding hydrogens is 230 g/mol. The van der Waals surface area contributed by atoms with Gasteiger partial charge in [-0.05, 0) is 38.0 Å². The standard InChI is InChI=1S/C14H21NO3/c16-13(7-9-3-1-2-4-9)15-10-5-6-12(15)11(8-10)14(17)18/h9-12H,1-8H2,(H,17,18). The Bertz CT molecular complexity index is 362. The molecule has 3 aliphatic rings. The smallest absolute Gasteiger partial charge is 0.308 e. The monoisotopic (exact) mass is 251 g/mol. The highest BCUT2D eigenvalue weighted by Gasteiger charge is 2.51. The molecule has 1 aliphatic carbocycles. The van der Waals surface area contributed by atoms with Crippen molar-refractivity contribution in [2.75, 3.05) is 0 Å². The van der Waals surface area contributed by atoms with Crippen molar-refractivity contribution < 1.29 is 14.7 Å². The molecule has 4 nitrogen and oxygen atoms in total. The van der Waals surface area contributed by atoms with E-state index in [0.29, 0.717) is 18.8 Å². The van der Waals surface area contributed by atoms with E-state index in [0.717, 1.165) is 12.8 Å². The predicted molar refractivity (Wildman–Crippen MR) is 66.0 cm³/mol. The van der Waals surface area contributed by atoms with Crippen molar-refractivity contribution in [3.63, 3.8) is 0 Å². The molecule has 1 amide bonds. The van der Waals surface area contributed by atoms with Gasteiger partial charge in [0.1, 0.15) is 0 Å². The molecule has 2 bridgehead atoms. The summed E-state index contributed by atoms with van der Waals surface area (Å²) in [6.45, 7) is 0. The number of carbonyl (C=O) groups is 2. The van der Waals surface area contributed by atoms with Crippen LogP contribution in [0.1, 0.15) is 51.4 Å². The largest absolute Gasteiger partial charge is 0.481 e. The number of carboxylic acid groups (broad SMARTS) is 1. The lowest BCUT2D eigenvalue weighted by atomic mass is 9.89. The Hall–Kier alpha value is -1.06. The predicted octanol–water partition coefficient (Wildman–Crippen LogP) is 2.03. The van der Waals surface area contributed by atoms with Crippen LogP contribution in [0.2, 0.25) is 0 Å². The molecule has 18 heavy (non-hydrogen) atoms. The molecule has 0 aromatic heterocycles. The van der Waals surface area contributed by atoms with Crippen molar-refractivity contribution >= 4 is 11.9 Å². The molecule has 3 unspecified atom stereocenters. The van der Waals surface area contributed by atoms with Gasteiger partial charge in [0.2, 0.25) is 5.91 Å². The number of carbonyl (C=O) groups excluding carboxylic acids is 1. The van der Waals surface area contributed by atoms with Crippen molar-refractivity contribution in [3.05, 3.63) is 0 Å². The van der Waals surface area contributed by atoms with Gasteiger partial charge in [0.05, 0.1) is 5.92 Å². The molecule has 3 fully saturated rings. The highest BCUT2D eigenvalue weighted by Crippen LogP contribution is 2.43. The third-order valence-corrected chi connectivity index (χ3v) is 5.08. The molecule has 2 aliphatic heterocycles. The zero-order chi connectivity index (χ0) is 12.7. The van der Waals surface area contributed by atoms with E-state index in [-0.39, 0.29) is 23.9 Å². The quantitative estimate of drug-likeness (QED) is 0.835. The molecule has 100 valence electrons. The Morgan fingerprint density at radius 1 is 1.11 bits per heavy atom. The van der Waals surface area contributed by atoms with E-state index < -0.39 is 5.97 Å². The first-order valence-corrected chi connectivity index (χ1v) is 7.21. The van der Waals surface area contributed by atoms with Crippen molar-refractivity contribution in [3.8, 4) is 0 Å². The minimum atomic E-state index is -0.721. The summed E-state index contributed by atoms with van der Waals surface area (Å²) in [5.74, 6) is -0.254. The molecule has 0 aromatic carbocycles. The van der Waals surface area contributed by atoms with Crippen molar-refractivity contribution in [2.45, 2.75) is 63.5 Å². The number of hydrogen-bond acceptors (Lipinski definition) is 2. The van der Waals surface area contributed by atoms with E-state index in [9.17, 15) is 14.7 Å². The first-order chi connectivity index (χ1) is 8.66. The second kappa shape index (κ2) is 4.56. The van der Waals surface area contributed by atoms with Gasteiger partial charge in [0.15, 0.2) is 0 Å². The van der Waals surface area contributed by atoms with Crippen molar-refractivity contribution in [1.29, 1.82) is 0 Å². The minimum Gasteiger partial charge on any atom is -0.481 e. The number of rotatable bonds is 3. The lowest BCUT2D eigenvalue weighted by Crippen LogP contribution is -2.38. The second-order valence-corrected chi connectivity index (χ2v) is 6.13. The highest BCUT2D eigenvalue weighted by atomic mass is 16.4. The molecule has 0 radical (unpaired) electrons. The maximum absolute atomic E-state index is 12.4. The molecule has 1 saturated carbocycles. The molecule has 2 saturated heterocycles. The van der Waals surface area contributed by atoms with Gasteiger partial charge in [-0.15, -0.1) is 0 Å². The number of carboxylic acids is 1. The Balaban J connectivity index is 1.65. The SMILES string of the molecule is O=C(O)C1CC2CCC1N2C(=O)CC1CCCC1. The van der Waals surface area contributed by atoms with Crippen LogP contribution in [-0.2, 0) is 9.59 Å². The Labute approximate surface area is 107 Å². The van der Waals surface area contributed by atoms with Gasteiger partial charge in [-0.3, -0.25) is 9.59 Å². The summed E-state index contributed by atoms with van der Waals surface area (Å²) in [7, 11) is 0. The number of aliphatic carboxylic acids is 1. The number of nitrogens with zero attached hydrogens (tertiary/aromatic N) is 1. The van der Waals surface area contributed by atoms with Crippen LogP contribution in [0, 0.1) is 11.8 Å². The minimum absolute atomic E-state index is 0.0126. The third kappa shape index (κ3) is 1.91. The summed E-state index contributed by atoms with van der Waals surface area (Å²) in [5, 5.41) is 9.18. The van der Waals surface area contributed by atoms with Gasteiger partial charge in [-0.25, -0.2) is 0 Å². The zero-order valence-electron chi connectivity index (χ0n) is 10.7. The molecule has 3 atom stereocenters. The van der Waals surface area contributed by atoms with Gasteiger partial charge < -0.3 is 10.0 Å². The number of hydrogen-bond donors (Lipinski definition) is 1. The van der Waals surface area contributed by atoms with E-state index in [1.165, 1.54) is 25.7 Å². The van der Waals surface area contributed by atoms with Crippen LogP contribution in [0.15, 0.2) is 0 Å². The average molecular weight is 251 g/mol. The first kappa shape index (κ1) is 12.0. The molecule has 2 heterocycles. The molecule has 1 N–H and O–H groups in total. The maximum Gasteiger partial charge on any atom is 0.308 e. The van der Waals surface area contributed by atoms with Gasteiger partial charge in [0, 0.05) is 18.5 Å². The average Bonchev–Trinajstić information content (AvgIpc) is 3.02. The van der Waals surface area contributed by atoms with Crippen LogP contribution in [0.25, 0.3) is 0 Å². The number of fused-ring (bicyclic) bond motifs is 2. The van der Waals surface area contributed by atoms with E-state index in [1.807, 2.05) is 4.90 Å². The molecule has 3 rings (SSSR count). The van der Waals surface area contributed by atoms with E-state index in [4.69, 9.17) is 0 Å². The Morgan fingerprint density at radius 2 is 1.83 bits per heavy atom. The Morgan fingerprint density at radius 3 is 2.44 bits per heavy atom. The zero-order valence-corrected chi connectivity index (χ0v) is 10.7. The summed E-state index contributed by atoms with van der Waals surface area (Å²) < 4.78 is 0. The summed E-state index contributed by atoms with van der Waals surface area (Å²) >= 11 is 0. The third-order valence-electron chi connectivity index (χ3n) is 5.08. The molecule has 0 spiro atoms. The lowest BCUT2D eigenvalue weighted by molar-refractivity contribution is -0.143. The van der Waals surface area contributed by atoms with Crippen LogP contribution in [-0.4, -0.2) is 34.0 Å². The van der Waals surface area contributed by atoms with E-state index in [2.05, 4.69) is 0 Å². The first-order valence-electron chi connectivity index (χ1n) is 7.21. The fraction of sp³-hybridized carbons (Fsp3) is 0.857. The van der Waals surface area contributed by atoms with Crippen molar-refractivity contribution in [2.24, 2.45) is 11.8 Å². The van der Waals surface area contributed by atoms with Crippen LogP contribution in [0.5, 0.6) is 0 Å². The van der Waals surface area contributed by atoms with Crippen LogP contribution < -0.4 is 0 Å². The normalized spacial score (nSPS) is 35.3. The van der Waals surface area contributed by atoms with E-state index >= 15 is 0 Å². The van der Waals surface area contributed by atoms with Crippen LogP contribution in [0.4, 0.5) is 0 Å². The number of amides is 1. The second-order valence-electron chi connectivity index (χ2n) is 6.13. The van der Waals surface area contributed by atoms with Crippen LogP contribution in [0.3, 0.4) is 0 Å². The summed E-state index contributed by atoms with van der Waals surface area (Å²) in [4.78, 5) is 25.5. The van der Waals surface area contributed by atoms with Crippen molar-refractivity contribution in [1.82, 2.24) is 4.90 Å². The summed E-state index contributed by atoms with van der Waals surface area (Å²) in [6, 6.07) is 0.200. The topological polar surface area (TPSA) is 57.6 Å². The fourth-order valence-electron chi connectivity index (χ4n) is 4.21. The lowest BCUT2D eigenvalue weighted by Gasteiger charge is -2.24. The summed E-state index contributed by atoms with van der Waals surface area (Å²) in [6.07, 6.45) is 8.08. The van der Waals surface area contributed by atoms with Gasteiger partial charge in [-0.2, -0.15) is 0 Å². The molecule has 4 heteroatoms. The highest BCUT2D eigenvalue weighted by molar-refractivity contribution is 5.80. The molecular formula is C14H21NO3. The molecule has 0 aromatic rings. The fourth-order valence-corrected chi connectivity index (χ4v) is 4.21. The Kier molecular flexibility index (Phi) is 3.04. The van der Waals surface area contributed by atoms with Gasteiger partial charge in [-0.1, -0.05) is 12.8 Å².